The van der Waals surface area contributed by atoms with Crippen LogP contribution in [-0.2, 0) is 25.7 Å². The van der Waals surface area contributed by atoms with E-state index in [1.54, 1.807) is 0 Å². The molecule has 0 aliphatic carbocycles. The smallest absolute Gasteiger partial charge is 0.322 e. The number of carbonyl (C=O) groups excluding carboxylic acids is 2. The van der Waals surface area contributed by atoms with Gasteiger partial charge in [-0.15, -0.1) is 0 Å². The molecule has 1 aliphatic heterocycles. The Bertz CT molecular complexity index is 883. The fourth-order valence-corrected chi connectivity index (χ4v) is 2.90. The van der Waals surface area contributed by atoms with E-state index >= 15 is 0 Å². The summed E-state index contributed by atoms with van der Waals surface area (Å²) in [6.07, 6.45) is 0.684. The van der Waals surface area contributed by atoms with E-state index in [0.29, 0.717) is 12.0 Å². The molecule has 10 heteroatoms. The molecular weight excluding hydrogens is 407 g/mol. The van der Waals surface area contributed by atoms with Crippen LogP contribution in [0.4, 0.5) is 4.39 Å². The molecule has 2 rings (SSSR count). The van der Waals surface area contributed by atoms with Crippen molar-refractivity contribution in [1.82, 2.24) is 10.2 Å². The average Bonchev–Trinajstić information content (AvgIpc) is 2.70. The molecule has 3 N–H and O–H groups in total. The van der Waals surface area contributed by atoms with E-state index in [4.69, 9.17) is 21.4 Å². The molecule has 29 heavy (non-hydrogen) atoms. The van der Waals surface area contributed by atoms with Gasteiger partial charge in [-0.05, 0) is 19.1 Å². The maximum Gasteiger partial charge on any atom is 0.322 e. The van der Waals surface area contributed by atoms with Crippen LogP contribution in [-0.4, -0.2) is 53.2 Å². The van der Waals surface area contributed by atoms with E-state index in [1.807, 2.05) is 0 Å². The highest BCUT2D eigenvalue weighted by Crippen LogP contribution is 2.27. The second kappa shape index (κ2) is 10.0. The number of aliphatic hydroxyl groups excluding tert-OH is 1. The number of amides is 2. The number of nitrogens with zero attached hydrogens (tertiary/aromatic N) is 1. The summed E-state index contributed by atoms with van der Waals surface area (Å²) in [5.74, 6) is -2.96. The van der Waals surface area contributed by atoms with E-state index in [2.05, 4.69) is 5.32 Å². The molecule has 156 valence electrons. The number of aliphatic hydroxyl groups is 1. The van der Waals surface area contributed by atoms with Gasteiger partial charge in [0.15, 0.2) is 0 Å². The third kappa shape index (κ3) is 5.78. The van der Waals surface area contributed by atoms with Gasteiger partial charge < -0.3 is 25.2 Å². The first kappa shape index (κ1) is 22.4. The van der Waals surface area contributed by atoms with E-state index in [-0.39, 0.29) is 53.8 Å². The molecule has 0 saturated carbocycles. The van der Waals surface area contributed by atoms with Gasteiger partial charge in [0, 0.05) is 22.6 Å². The summed E-state index contributed by atoms with van der Waals surface area (Å²) in [5.41, 5.74) is 0.673. The van der Waals surface area contributed by atoms with Crippen molar-refractivity contribution in [2.45, 2.75) is 19.9 Å². The van der Waals surface area contributed by atoms with Crippen molar-refractivity contribution in [3.63, 3.8) is 0 Å². The van der Waals surface area contributed by atoms with Crippen molar-refractivity contribution in [3.05, 3.63) is 57.2 Å². The summed E-state index contributed by atoms with van der Waals surface area (Å²) in [5, 5.41) is 21.6. The molecule has 1 aromatic rings. The van der Waals surface area contributed by atoms with Gasteiger partial charge in [0.2, 0.25) is 6.41 Å². The van der Waals surface area contributed by atoms with Crippen LogP contribution >= 0.6 is 11.6 Å². The van der Waals surface area contributed by atoms with Crippen LogP contribution in [0, 0.1) is 5.82 Å². The monoisotopic (exact) mass is 426 g/mol. The quantitative estimate of drug-likeness (QED) is 0.333. The molecule has 0 atom stereocenters. The molecule has 1 aliphatic rings. The van der Waals surface area contributed by atoms with Crippen LogP contribution in [0.15, 0.2) is 40.8 Å². The highest BCUT2D eigenvalue weighted by Gasteiger charge is 2.25. The van der Waals surface area contributed by atoms with Gasteiger partial charge in [0.25, 0.3) is 5.91 Å². The lowest BCUT2D eigenvalue weighted by molar-refractivity contribution is -0.137. The zero-order chi connectivity index (χ0) is 21.6. The van der Waals surface area contributed by atoms with E-state index in [0.717, 1.165) is 6.07 Å². The van der Waals surface area contributed by atoms with Crippen molar-refractivity contribution in [3.8, 4) is 0 Å². The lowest BCUT2D eigenvalue weighted by Gasteiger charge is -2.28. The third-order valence-corrected chi connectivity index (χ3v) is 4.53. The predicted molar refractivity (Wildman–Crippen MR) is 101 cm³/mol. The molecule has 0 unspecified atom stereocenters. The Morgan fingerprint density at radius 1 is 1.38 bits per heavy atom. The summed E-state index contributed by atoms with van der Waals surface area (Å²) in [6.45, 7) is 0.810. The predicted octanol–water partition coefficient (Wildman–Crippen LogP) is 2.14. The molecule has 8 nitrogen and oxygen atoms in total. The first-order valence-corrected chi connectivity index (χ1v) is 8.98. The number of carboxylic acids is 1. The standard InChI is InChI=1S/C19H20ClFN2O6/c1-11(19(28)22-7-17(25)26)18(27)14-4-5-29-9-16(14)23(10-24)8-12-2-3-13(20)6-15(12)21/h2-3,6,10,27H,4-5,7-9H2,1H3,(H,22,28)(H,25,26)/b18-11-. The topological polar surface area (TPSA) is 116 Å². The number of carboxylic acid groups (broad SMARTS) is 1. The molecule has 2 amide bonds. The second-order valence-corrected chi connectivity index (χ2v) is 6.68. The van der Waals surface area contributed by atoms with Crippen LogP contribution in [0.2, 0.25) is 5.02 Å². The van der Waals surface area contributed by atoms with E-state index in [9.17, 15) is 23.9 Å². The Hall–Kier alpha value is -2.91. The Balaban J connectivity index is 2.36. The van der Waals surface area contributed by atoms with Gasteiger partial charge in [0.1, 0.15) is 18.1 Å². The number of benzene rings is 1. The minimum Gasteiger partial charge on any atom is -0.507 e. The summed E-state index contributed by atoms with van der Waals surface area (Å²) in [4.78, 5) is 35.5. The van der Waals surface area contributed by atoms with Gasteiger partial charge >= 0.3 is 5.97 Å². The number of hydrogen-bond donors (Lipinski definition) is 3. The Kier molecular flexibility index (Phi) is 7.74. The van der Waals surface area contributed by atoms with Crippen molar-refractivity contribution in [2.75, 3.05) is 19.8 Å². The zero-order valence-electron chi connectivity index (χ0n) is 15.6. The van der Waals surface area contributed by atoms with Crippen LogP contribution in [0.25, 0.3) is 0 Å². The summed E-state index contributed by atoms with van der Waals surface area (Å²) in [7, 11) is 0. The number of allylic oxidation sites excluding steroid dienone is 1. The fourth-order valence-electron chi connectivity index (χ4n) is 2.74. The maximum atomic E-state index is 14.1. The number of ether oxygens (including phenoxy) is 1. The van der Waals surface area contributed by atoms with Gasteiger partial charge in [0.05, 0.1) is 31.0 Å². The van der Waals surface area contributed by atoms with E-state index < -0.39 is 24.2 Å². The minimum atomic E-state index is -1.23. The summed E-state index contributed by atoms with van der Waals surface area (Å²) >= 11 is 5.74. The Morgan fingerprint density at radius 2 is 2.10 bits per heavy atom. The van der Waals surface area contributed by atoms with Gasteiger partial charge in [-0.1, -0.05) is 17.7 Å². The highest BCUT2D eigenvalue weighted by atomic mass is 35.5. The maximum absolute atomic E-state index is 14.1. The van der Waals surface area contributed by atoms with Gasteiger partial charge in [-0.3, -0.25) is 14.4 Å². The third-order valence-electron chi connectivity index (χ3n) is 4.30. The number of aliphatic carboxylic acids is 1. The molecule has 0 radical (unpaired) electrons. The minimum absolute atomic E-state index is 0.0304. The number of nitrogens with one attached hydrogen (secondary N) is 1. The van der Waals surface area contributed by atoms with Gasteiger partial charge in [-0.25, -0.2) is 4.39 Å². The van der Waals surface area contributed by atoms with Crippen LogP contribution < -0.4 is 5.32 Å². The molecule has 0 bridgehead atoms. The SMILES string of the molecule is C/C(C(=O)NCC(=O)O)=C(/O)C1=C(N(C=O)Cc2ccc(Cl)cc2F)COCC1. The summed E-state index contributed by atoms with van der Waals surface area (Å²) in [6, 6.07) is 4.06. The van der Waals surface area contributed by atoms with Crippen molar-refractivity contribution in [1.29, 1.82) is 0 Å². The van der Waals surface area contributed by atoms with Crippen molar-refractivity contribution >= 4 is 29.9 Å². The second-order valence-electron chi connectivity index (χ2n) is 6.25. The fraction of sp³-hybridized carbons (Fsp3) is 0.316. The normalized spacial score (nSPS) is 14.9. The number of hydrogen-bond acceptors (Lipinski definition) is 5. The van der Waals surface area contributed by atoms with E-state index in [1.165, 1.54) is 24.0 Å². The van der Waals surface area contributed by atoms with Crippen molar-refractivity contribution in [2.24, 2.45) is 0 Å². The number of halogens is 2. The average molecular weight is 427 g/mol. The molecular formula is C19H20ClFN2O6. The van der Waals surface area contributed by atoms with Crippen LogP contribution in [0.1, 0.15) is 18.9 Å². The number of rotatable bonds is 8. The first-order valence-electron chi connectivity index (χ1n) is 8.60. The Morgan fingerprint density at radius 3 is 2.72 bits per heavy atom. The largest absolute Gasteiger partial charge is 0.507 e. The van der Waals surface area contributed by atoms with Gasteiger partial charge in [-0.2, -0.15) is 0 Å². The molecule has 0 fully saturated rings. The lowest BCUT2D eigenvalue weighted by Crippen LogP contribution is -2.32. The highest BCUT2D eigenvalue weighted by molar-refractivity contribution is 6.30. The molecule has 0 aromatic heterocycles. The van der Waals surface area contributed by atoms with Crippen LogP contribution in [0.5, 0.6) is 0 Å². The van der Waals surface area contributed by atoms with Crippen LogP contribution in [0.3, 0.4) is 0 Å². The zero-order valence-corrected chi connectivity index (χ0v) is 16.3. The first-order chi connectivity index (χ1) is 13.7. The summed E-state index contributed by atoms with van der Waals surface area (Å²) < 4.78 is 19.5. The van der Waals surface area contributed by atoms with Crippen molar-refractivity contribution < 1.29 is 33.7 Å². The molecule has 0 saturated heterocycles. The molecule has 1 heterocycles. The molecule has 0 spiro atoms. The lowest BCUT2D eigenvalue weighted by atomic mass is 10.0. The Labute approximate surface area is 171 Å². The number of carbonyl (C=O) groups is 3. The molecule has 1 aromatic carbocycles.